The number of methoxy groups -OCH3 is 1. The summed E-state index contributed by atoms with van der Waals surface area (Å²) in [7, 11) is -0.131. The quantitative estimate of drug-likeness (QED) is 0.562. The topological polar surface area (TPSA) is 79.9 Å². The van der Waals surface area contributed by atoms with Gasteiger partial charge < -0.3 is 14.8 Å². The second kappa shape index (κ2) is 3.28. The first kappa shape index (κ1) is 8.98. The first-order valence-electron chi connectivity index (χ1n) is 3.97. The Morgan fingerprint density at radius 3 is 2.93 bits per heavy atom. The molecule has 0 aliphatic heterocycles. The third-order valence-corrected chi connectivity index (χ3v) is 1.83. The largest absolute Gasteiger partial charge is 0.510 e. The Morgan fingerprint density at radius 2 is 2.29 bits per heavy atom. The number of hydrogen-bond acceptors (Lipinski definition) is 5. The van der Waals surface area contributed by atoms with Crippen molar-refractivity contribution in [2.24, 2.45) is 0 Å². The number of rotatable bonds is 2. The molecule has 0 amide bonds. The lowest BCUT2D eigenvalue weighted by Gasteiger charge is -2.04. The second-order valence-electron chi connectivity index (χ2n) is 2.71. The number of aromatic nitrogens is 3. The lowest BCUT2D eigenvalue weighted by Crippen LogP contribution is -2.34. The molecule has 2 heterocycles. The Morgan fingerprint density at radius 1 is 1.50 bits per heavy atom. The van der Waals surface area contributed by atoms with E-state index in [-0.39, 0.29) is 5.59 Å². The van der Waals surface area contributed by atoms with Crippen molar-refractivity contribution < 1.29 is 14.8 Å². The van der Waals surface area contributed by atoms with E-state index in [0.29, 0.717) is 11.4 Å². The minimum Gasteiger partial charge on any atom is -0.493 e. The maximum Gasteiger partial charge on any atom is 0.510 e. The smallest absolute Gasteiger partial charge is 0.493 e. The van der Waals surface area contributed by atoms with Crippen molar-refractivity contribution in [3.63, 3.8) is 0 Å². The van der Waals surface area contributed by atoms with E-state index in [2.05, 4.69) is 10.1 Å². The average Bonchev–Trinajstić information content (AvgIpc) is 2.63. The summed E-state index contributed by atoms with van der Waals surface area (Å²) in [6, 6.07) is 1.44. The molecule has 2 rings (SSSR count). The predicted molar refractivity (Wildman–Crippen MR) is 49.4 cm³/mol. The molecular weight excluding hydrogens is 185 g/mol. The van der Waals surface area contributed by atoms with Crippen LogP contribution in [-0.2, 0) is 0 Å². The Labute approximate surface area is 79.9 Å². The van der Waals surface area contributed by atoms with Gasteiger partial charge in [-0.05, 0) is 0 Å². The van der Waals surface area contributed by atoms with Crippen LogP contribution in [0.15, 0.2) is 18.5 Å². The summed E-state index contributed by atoms with van der Waals surface area (Å²) in [5.41, 5.74) is 0.657. The zero-order valence-corrected chi connectivity index (χ0v) is 7.45. The minimum atomic E-state index is -1.62. The zero-order chi connectivity index (χ0) is 10.1. The summed E-state index contributed by atoms with van der Waals surface area (Å²) in [5.74, 6) is 0.452. The van der Waals surface area contributed by atoms with Gasteiger partial charge in [-0.2, -0.15) is 5.10 Å². The maximum atomic E-state index is 8.94. The fourth-order valence-corrected chi connectivity index (χ4v) is 1.18. The predicted octanol–water partition coefficient (Wildman–Crippen LogP) is -1.58. The van der Waals surface area contributed by atoms with E-state index >= 15 is 0 Å². The summed E-state index contributed by atoms with van der Waals surface area (Å²) < 4.78 is 6.46. The van der Waals surface area contributed by atoms with Gasteiger partial charge in [-0.3, -0.25) is 0 Å². The van der Waals surface area contributed by atoms with E-state index in [4.69, 9.17) is 14.8 Å². The summed E-state index contributed by atoms with van der Waals surface area (Å²) in [6.45, 7) is 0. The van der Waals surface area contributed by atoms with E-state index in [0.717, 1.165) is 0 Å². The molecule has 7 heteroatoms. The summed E-state index contributed by atoms with van der Waals surface area (Å²) in [4.78, 5) is 4.00. The monoisotopic (exact) mass is 193 g/mol. The van der Waals surface area contributed by atoms with Crippen LogP contribution in [0.2, 0.25) is 0 Å². The highest BCUT2D eigenvalue weighted by Crippen LogP contribution is 2.13. The highest BCUT2D eigenvalue weighted by Gasteiger charge is 2.17. The van der Waals surface area contributed by atoms with Gasteiger partial charge in [-0.25, -0.2) is 9.50 Å². The molecule has 14 heavy (non-hydrogen) atoms. The third kappa shape index (κ3) is 1.32. The van der Waals surface area contributed by atoms with Gasteiger partial charge in [-0.1, -0.05) is 0 Å². The molecule has 0 aliphatic carbocycles. The lowest BCUT2D eigenvalue weighted by atomic mass is 9.86. The Kier molecular flexibility index (Phi) is 2.10. The molecule has 72 valence electrons. The highest BCUT2D eigenvalue weighted by atomic mass is 16.5. The number of nitrogens with zero attached hydrogens (tertiary/aromatic N) is 3. The second-order valence-corrected chi connectivity index (χ2v) is 2.71. The minimum absolute atomic E-state index is 0.118. The number of hydrogen-bond donors (Lipinski definition) is 2. The van der Waals surface area contributed by atoms with Crippen LogP contribution in [-0.4, -0.2) is 38.9 Å². The fourth-order valence-electron chi connectivity index (χ4n) is 1.18. The van der Waals surface area contributed by atoms with Crippen LogP contribution < -0.4 is 10.3 Å². The van der Waals surface area contributed by atoms with Gasteiger partial charge in [0.1, 0.15) is 0 Å². The van der Waals surface area contributed by atoms with Gasteiger partial charge in [0, 0.05) is 18.5 Å². The van der Waals surface area contributed by atoms with Gasteiger partial charge in [0.05, 0.1) is 12.7 Å². The molecule has 0 unspecified atom stereocenters. The van der Waals surface area contributed by atoms with Crippen molar-refractivity contribution in [2.75, 3.05) is 7.11 Å². The third-order valence-electron chi connectivity index (χ3n) is 1.83. The Hall–Kier alpha value is -1.60. The fraction of sp³-hybridized carbons (Fsp3) is 0.143. The van der Waals surface area contributed by atoms with Crippen molar-refractivity contribution >= 4 is 18.4 Å². The van der Waals surface area contributed by atoms with Crippen LogP contribution in [0.1, 0.15) is 0 Å². The van der Waals surface area contributed by atoms with Crippen LogP contribution >= 0.6 is 0 Å². The number of fused-ring (bicyclic) bond motifs is 1. The zero-order valence-electron chi connectivity index (χ0n) is 7.45. The van der Waals surface area contributed by atoms with Gasteiger partial charge in [0.25, 0.3) is 0 Å². The molecule has 0 spiro atoms. The van der Waals surface area contributed by atoms with Gasteiger partial charge in [0.2, 0.25) is 0 Å². The number of ether oxygens (including phenoxy) is 1. The molecule has 2 N–H and O–H groups in total. The molecule has 2 aromatic rings. The van der Waals surface area contributed by atoms with E-state index < -0.39 is 7.12 Å². The van der Waals surface area contributed by atoms with Crippen LogP contribution in [0.4, 0.5) is 0 Å². The molecule has 0 atom stereocenters. The average molecular weight is 193 g/mol. The standard InChI is InChI=1S/C7H8BN3O3/c1-14-5-4-6(8(12)13)10-11-3-2-9-7(5)11/h2-4,12-13H,1H3. The molecule has 0 aromatic carbocycles. The van der Waals surface area contributed by atoms with Crippen LogP contribution in [0.3, 0.4) is 0 Å². The van der Waals surface area contributed by atoms with E-state index in [1.165, 1.54) is 17.7 Å². The van der Waals surface area contributed by atoms with E-state index in [1.807, 2.05) is 0 Å². The van der Waals surface area contributed by atoms with Crippen LogP contribution in [0.25, 0.3) is 5.65 Å². The first-order valence-corrected chi connectivity index (χ1v) is 3.97. The van der Waals surface area contributed by atoms with Gasteiger partial charge in [0.15, 0.2) is 11.4 Å². The summed E-state index contributed by atoms with van der Waals surface area (Å²) in [5, 5.41) is 21.8. The van der Waals surface area contributed by atoms with E-state index in [1.54, 1.807) is 12.4 Å². The molecule has 6 nitrogen and oxygen atoms in total. The van der Waals surface area contributed by atoms with Crippen molar-refractivity contribution in [1.29, 1.82) is 0 Å². The SMILES string of the molecule is COc1cc(B(O)O)nn2ccnc12. The summed E-state index contributed by atoms with van der Waals surface area (Å²) in [6.07, 6.45) is 3.15. The molecule has 0 aliphatic rings. The van der Waals surface area contributed by atoms with Crippen molar-refractivity contribution in [3.05, 3.63) is 18.5 Å². The van der Waals surface area contributed by atoms with Gasteiger partial charge in [-0.15, -0.1) is 0 Å². The molecule has 0 bridgehead atoms. The summed E-state index contributed by atoms with van der Waals surface area (Å²) >= 11 is 0. The Bertz CT molecular complexity index is 456. The van der Waals surface area contributed by atoms with Crippen molar-refractivity contribution in [3.8, 4) is 5.75 Å². The highest BCUT2D eigenvalue weighted by molar-refractivity contribution is 6.57. The molecule has 0 radical (unpaired) electrons. The van der Waals surface area contributed by atoms with E-state index in [9.17, 15) is 0 Å². The van der Waals surface area contributed by atoms with Crippen LogP contribution in [0.5, 0.6) is 5.75 Å². The molecule has 0 saturated heterocycles. The Balaban J connectivity index is 2.67. The number of imidazole rings is 1. The maximum absolute atomic E-state index is 8.94. The van der Waals surface area contributed by atoms with Crippen LogP contribution in [0, 0.1) is 0 Å². The normalized spacial score (nSPS) is 10.5. The first-order chi connectivity index (χ1) is 6.72. The molecule has 2 aromatic heterocycles. The van der Waals surface area contributed by atoms with Crippen molar-refractivity contribution in [2.45, 2.75) is 0 Å². The van der Waals surface area contributed by atoms with Crippen molar-refractivity contribution in [1.82, 2.24) is 14.6 Å². The van der Waals surface area contributed by atoms with Gasteiger partial charge >= 0.3 is 7.12 Å². The molecule has 0 fully saturated rings. The molecular formula is C7H8BN3O3. The lowest BCUT2D eigenvalue weighted by molar-refractivity contribution is 0.411. The molecule has 0 saturated carbocycles.